The second kappa shape index (κ2) is 18.4. The summed E-state index contributed by atoms with van der Waals surface area (Å²) >= 11 is 0. The topological polar surface area (TPSA) is 103 Å². The van der Waals surface area contributed by atoms with Crippen molar-refractivity contribution in [1.82, 2.24) is 4.98 Å². The lowest BCUT2D eigenvalue weighted by molar-refractivity contribution is -0.137. The van der Waals surface area contributed by atoms with Gasteiger partial charge in [0.25, 0.3) is 6.47 Å². The van der Waals surface area contributed by atoms with Gasteiger partial charge in [0.1, 0.15) is 22.2 Å². The highest BCUT2D eigenvalue weighted by molar-refractivity contribution is 7.90. The Kier molecular flexibility index (Phi) is 16.1. The van der Waals surface area contributed by atoms with Gasteiger partial charge in [0, 0.05) is 23.6 Å². The largest absolute Gasteiger partial charge is 0.490 e. The zero-order chi connectivity index (χ0) is 34.4. The normalized spacial score (nSPS) is 18.3. The highest BCUT2D eigenvalue weighted by atomic mass is 32.2. The predicted octanol–water partition coefficient (Wildman–Crippen LogP) is 8.59. The predicted molar refractivity (Wildman–Crippen MR) is 173 cm³/mol. The molecule has 11 heteroatoms. The van der Waals surface area contributed by atoms with Crippen LogP contribution in [0.3, 0.4) is 0 Å². The van der Waals surface area contributed by atoms with E-state index in [1.54, 1.807) is 6.92 Å². The molecule has 45 heavy (non-hydrogen) atoms. The summed E-state index contributed by atoms with van der Waals surface area (Å²) in [7, 11) is -3.10. The Bertz CT molecular complexity index is 1450. The van der Waals surface area contributed by atoms with Crippen LogP contribution in [-0.2, 0) is 32.2 Å². The van der Waals surface area contributed by atoms with Crippen molar-refractivity contribution in [3.8, 4) is 17.0 Å². The third kappa shape index (κ3) is 12.4. The average Bonchev–Trinajstić information content (AvgIpc) is 3.66. The smallest absolute Gasteiger partial charge is 0.417 e. The molecule has 250 valence electrons. The maximum absolute atomic E-state index is 13.9. The molecule has 0 radical (unpaired) electrons. The summed E-state index contributed by atoms with van der Waals surface area (Å²) in [5, 5.41) is 6.89. The Labute approximate surface area is 265 Å². The number of carboxylic acid groups (broad SMARTS) is 1. The lowest BCUT2D eigenvalue weighted by atomic mass is 9.96. The van der Waals surface area contributed by atoms with Gasteiger partial charge < -0.3 is 14.6 Å². The number of halogens is 3. The summed E-state index contributed by atoms with van der Waals surface area (Å²) in [6.45, 7) is 15.6. The van der Waals surface area contributed by atoms with Crippen molar-refractivity contribution >= 4 is 16.3 Å². The summed E-state index contributed by atoms with van der Waals surface area (Å²) in [5.41, 5.74) is 3.08. The Hall–Kier alpha value is -3.60. The molecule has 0 spiro atoms. The van der Waals surface area contributed by atoms with Crippen LogP contribution in [0.15, 0.2) is 66.0 Å². The maximum Gasteiger partial charge on any atom is 0.417 e. The van der Waals surface area contributed by atoms with Crippen LogP contribution >= 0.6 is 0 Å². The summed E-state index contributed by atoms with van der Waals surface area (Å²) < 4.78 is 75.5. The van der Waals surface area contributed by atoms with E-state index in [9.17, 15) is 21.6 Å². The quantitative estimate of drug-likeness (QED) is 0.156. The van der Waals surface area contributed by atoms with E-state index in [0.717, 1.165) is 24.7 Å². The molecule has 1 N–H and O–H groups in total. The first kappa shape index (κ1) is 39.4. The van der Waals surface area contributed by atoms with Gasteiger partial charge >= 0.3 is 6.18 Å². The number of hydrogen-bond donors (Lipinski definition) is 1. The van der Waals surface area contributed by atoms with E-state index in [2.05, 4.69) is 17.6 Å². The van der Waals surface area contributed by atoms with E-state index in [-0.39, 0.29) is 36.9 Å². The van der Waals surface area contributed by atoms with Crippen LogP contribution < -0.4 is 4.74 Å². The fourth-order valence-corrected chi connectivity index (χ4v) is 5.64. The zero-order valence-corrected chi connectivity index (χ0v) is 28.0. The van der Waals surface area contributed by atoms with E-state index in [1.165, 1.54) is 41.8 Å². The van der Waals surface area contributed by atoms with Crippen LogP contribution in [0.4, 0.5) is 13.2 Å². The first-order valence-corrected chi connectivity index (χ1v) is 17.1. The van der Waals surface area contributed by atoms with Crippen LogP contribution in [0, 0.1) is 18.8 Å². The fraction of sp³-hybridized carbons (Fsp3) is 0.471. The molecule has 1 aromatic heterocycles. The van der Waals surface area contributed by atoms with Gasteiger partial charge in [-0.1, -0.05) is 46.4 Å². The molecule has 2 atom stereocenters. The number of nitrogens with zero attached hydrogens (tertiary/aromatic N) is 1. The molecule has 2 aromatic rings. The van der Waals surface area contributed by atoms with Crippen molar-refractivity contribution < 1.29 is 41.0 Å². The summed E-state index contributed by atoms with van der Waals surface area (Å²) in [4.78, 5) is 12.7. The summed E-state index contributed by atoms with van der Waals surface area (Å²) in [6.07, 6.45) is 3.22. The highest BCUT2D eigenvalue weighted by Gasteiger charge is 2.46. The Morgan fingerprint density at radius 3 is 2.33 bits per heavy atom. The van der Waals surface area contributed by atoms with E-state index in [0.29, 0.717) is 34.9 Å². The molecule has 2 aliphatic carbocycles. The molecule has 1 heterocycles. The molecular formula is C34H46F3NO6S. The van der Waals surface area contributed by atoms with Crippen molar-refractivity contribution in [2.75, 3.05) is 18.6 Å². The van der Waals surface area contributed by atoms with Gasteiger partial charge in [-0.25, -0.2) is 13.4 Å². The standard InChI is InChI=1S/C29H32F3NO4S.2C2H6.CH2O2/c1-5-23-21(15-22-16-25(22)23)13-18(2)37-17-20-7-9-27(29(30,31)32)26(14-20)24-8-10-28(33-19(24)3)36-11-6-12-38(4,34)35;2*1-2;2-1-3/h5,7-10,13-14,22,25H,2,6,11-12,15-17H2,1,3-4H3;2*1-2H3;1H,(H,2,3)/b21-13-,23-5+;;;. The second-order valence-electron chi connectivity index (χ2n) is 10.1. The molecule has 2 aliphatic rings. The number of rotatable bonds is 10. The monoisotopic (exact) mass is 653 g/mol. The fourth-order valence-electron chi connectivity index (χ4n) is 5.00. The molecule has 0 aliphatic heterocycles. The molecule has 2 unspecified atom stereocenters. The molecule has 4 rings (SSSR count). The van der Waals surface area contributed by atoms with Crippen LogP contribution in [0.25, 0.3) is 11.1 Å². The number of carbonyl (C=O) groups is 1. The highest BCUT2D eigenvalue weighted by Crippen LogP contribution is 2.57. The number of ether oxygens (including phenoxy) is 2. The number of aromatic nitrogens is 1. The molecule has 1 aromatic carbocycles. The molecule has 0 saturated heterocycles. The van der Waals surface area contributed by atoms with Crippen LogP contribution in [0.2, 0.25) is 0 Å². The van der Waals surface area contributed by atoms with Crippen LogP contribution in [-0.4, -0.2) is 43.6 Å². The zero-order valence-electron chi connectivity index (χ0n) is 27.2. The van der Waals surface area contributed by atoms with Crippen LogP contribution in [0.5, 0.6) is 5.88 Å². The first-order chi connectivity index (χ1) is 21.3. The van der Waals surface area contributed by atoms with Gasteiger partial charge in [0.05, 0.1) is 17.9 Å². The molecule has 0 bridgehead atoms. The van der Waals surface area contributed by atoms with Gasteiger partial charge in [-0.05, 0) is 91.5 Å². The summed E-state index contributed by atoms with van der Waals surface area (Å²) in [6, 6.07) is 6.98. The van der Waals surface area contributed by atoms with Crippen molar-refractivity contribution in [3.63, 3.8) is 0 Å². The van der Waals surface area contributed by atoms with E-state index >= 15 is 0 Å². The minimum atomic E-state index is -4.55. The minimum Gasteiger partial charge on any atom is -0.490 e. The van der Waals surface area contributed by atoms with E-state index in [4.69, 9.17) is 19.4 Å². The number of sulfone groups is 1. The van der Waals surface area contributed by atoms with E-state index < -0.39 is 21.6 Å². The lowest BCUT2D eigenvalue weighted by Crippen LogP contribution is -2.10. The first-order valence-electron chi connectivity index (χ1n) is 15.0. The number of fused-ring (bicyclic) bond motifs is 1. The number of alkyl halides is 3. The molecule has 2 saturated carbocycles. The van der Waals surface area contributed by atoms with Gasteiger partial charge in [-0.3, -0.25) is 4.79 Å². The number of benzene rings is 1. The minimum absolute atomic E-state index is 0.00303. The molecule has 7 nitrogen and oxygen atoms in total. The summed E-state index contributed by atoms with van der Waals surface area (Å²) in [5.74, 6) is 2.06. The van der Waals surface area contributed by atoms with Gasteiger partial charge in [0.2, 0.25) is 5.88 Å². The third-order valence-electron chi connectivity index (χ3n) is 6.89. The van der Waals surface area contributed by atoms with Gasteiger partial charge in [0.15, 0.2) is 0 Å². The van der Waals surface area contributed by atoms with Crippen molar-refractivity contribution in [1.29, 1.82) is 0 Å². The third-order valence-corrected chi connectivity index (χ3v) is 7.92. The molecule has 0 amide bonds. The van der Waals surface area contributed by atoms with Crippen molar-refractivity contribution in [2.24, 2.45) is 11.8 Å². The SMILES string of the molecule is C=C(/C=C1/CC2CC2/C1=C/C)OCc1ccc(C(F)(F)F)c(-c2ccc(OCCCS(C)(=O)=O)nc2C)c1.CC.CC.O=CO. The number of allylic oxidation sites excluding steroid dienone is 4. The van der Waals surface area contributed by atoms with E-state index in [1.807, 2.05) is 40.7 Å². The van der Waals surface area contributed by atoms with Crippen molar-refractivity contribution in [2.45, 2.75) is 73.6 Å². The Morgan fingerprint density at radius 1 is 1.13 bits per heavy atom. The molecular weight excluding hydrogens is 607 g/mol. The number of hydrogen-bond acceptors (Lipinski definition) is 6. The average molecular weight is 654 g/mol. The van der Waals surface area contributed by atoms with Crippen molar-refractivity contribution in [3.05, 3.63) is 82.8 Å². The number of pyridine rings is 1. The van der Waals surface area contributed by atoms with Crippen LogP contribution in [0.1, 0.15) is 70.7 Å². The number of aryl methyl sites for hydroxylation is 1. The van der Waals surface area contributed by atoms with Gasteiger partial charge in [-0.15, -0.1) is 0 Å². The second-order valence-corrected chi connectivity index (χ2v) is 12.3. The Morgan fingerprint density at radius 2 is 1.78 bits per heavy atom. The molecule has 2 fully saturated rings. The maximum atomic E-state index is 13.9. The lowest BCUT2D eigenvalue weighted by Gasteiger charge is -2.17. The van der Waals surface area contributed by atoms with Gasteiger partial charge in [-0.2, -0.15) is 13.2 Å². The Balaban J connectivity index is 0.00000134.